The Bertz CT molecular complexity index is 462. The smallest absolute Gasteiger partial charge is 0.185 e. The lowest BCUT2D eigenvalue weighted by Gasteiger charge is -2.26. The highest BCUT2D eigenvalue weighted by Crippen LogP contribution is 2.39. The third kappa shape index (κ3) is 2.74. The van der Waals surface area contributed by atoms with E-state index in [0.717, 1.165) is 28.7 Å². The van der Waals surface area contributed by atoms with Crippen LogP contribution in [0.3, 0.4) is 0 Å². The fourth-order valence-corrected chi connectivity index (χ4v) is 3.49. The highest BCUT2D eigenvalue weighted by Gasteiger charge is 2.34. The Hall–Kier alpha value is -0.900. The molecule has 1 aromatic rings. The molecular formula is C14H22N2OS. The molecule has 0 N–H and O–H groups in total. The zero-order valence-electron chi connectivity index (χ0n) is 11.9. The molecule has 0 aliphatic heterocycles. The summed E-state index contributed by atoms with van der Waals surface area (Å²) in [6.07, 6.45) is 1.57. The third-order valence-corrected chi connectivity index (χ3v) is 4.44. The molecule has 2 rings (SSSR count). The van der Waals surface area contributed by atoms with Gasteiger partial charge in [0.05, 0.1) is 10.6 Å². The Morgan fingerprint density at radius 2 is 2.06 bits per heavy atom. The average molecular weight is 266 g/mol. The standard InChI is InChI=1S/C14H22N2OS/c1-9(2)8-16(5)13-15-10-6-14(3,4)7-11(17)12(10)18-13/h9H,6-8H2,1-5H3. The third-order valence-electron chi connectivity index (χ3n) is 3.19. The molecule has 0 amide bonds. The first-order chi connectivity index (χ1) is 8.28. The van der Waals surface area contributed by atoms with Gasteiger partial charge in [0, 0.05) is 20.0 Å². The number of Topliss-reactive ketones (excluding diaryl/α,β-unsaturated/α-hetero) is 1. The monoisotopic (exact) mass is 266 g/mol. The maximum absolute atomic E-state index is 12.1. The van der Waals surface area contributed by atoms with Gasteiger partial charge in [0.2, 0.25) is 0 Å². The van der Waals surface area contributed by atoms with Crippen molar-refractivity contribution in [1.29, 1.82) is 0 Å². The molecule has 1 heterocycles. The summed E-state index contributed by atoms with van der Waals surface area (Å²) in [5.74, 6) is 0.867. The number of carbonyl (C=O) groups is 1. The van der Waals surface area contributed by atoms with Gasteiger partial charge >= 0.3 is 0 Å². The van der Waals surface area contributed by atoms with Crippen molar-refractivity contribution >= 4 is 22.3 Å². The van der Waals surface area contributed by atoms with E-state index in [1.165, 1.54) is 0 Å². The molecule has 1 aromatic heterocycles. The summed E-state index contributed by atoms with van der Waals surface area (Å²) in [6, 6.07) is 0. The van der Waals surface area contributed by atoms with Crippen LogP contribution in [0.15, 0.2) is 0 Å². The molecule has 1 aliphatic carbocycles. The van der Waals surface area contributed by atoms with Crippen LogP contribution >= 0.6 is 11.3 Å². The number of fused-ring (bicyclic) bond motifs is 1. The van der Waals surface area contributed by atoms with Crippen molar-refractivity contribution in [1.82, 2.24) is 4.98 Å². The van der Waals surface area contributed by atoms with Crippen LogP contribution in [0.2, 0.25) is 0 Å². The van der Waals surface area contributed by atoms with Crippen molar-refractivity contribution in [3.8, 4) is 0 Å². The molecule has 0 unspecified atom stereocenters. The molecule has 0 saturated carbocycles. The molecule has 0 bridgehead atoms. The first-order valence-electron chi connectivity index (χ1n) is 6.52. The van der Waals surface area contributed by atoms with Crippen LogP contribution in [-0.2, 0) is 6.42 Å². The van der Waals surface area contributed by atoms with Gasteiger partial charge in [-0.25, -0.2) is 4.98 Å². The first-order valence-corrected chi connectivity index (χ1v) is 7.34. The van der Waals surface area contributed by atoms with Crippen LogP contribution in [0.1, 0.15) is 49.5 Å². The van der Waals surface area contributed by atoms with E-state index >= 15 is 0 Å². The molecule has 18 heavy (non-hydrogen) atoms. The molecule has 0 aromatic carbocycles. The minimum atomic E-state index is 0.0616. The van der Waals surface area contributed by atoms with Gasteiger partial charge in [-0.15, -0.1) is 0 Å². The van der Waals surface area contributed by atoms with E-state index in [2.05, 4.69) is 44.6 Å². The second kappa shape index (κ2) is 4.65. The quantitative estimate of drug-likeness (QED) is 0.841. The molecule has 0 saturated heterocycles. The molecule has 0 fully saturated rings. The van der Waals surface area contributed by atoms with Gasteiger partial charge < -0.3 is 4.90 Å². The van der Waals surface area contributed by atoms with Crippen LogP contribution in [0.25, 0.3) is 0 Å². The summed E-state index contributed by atoms with van der Waals surface area (Å²) in [7, 11) is 2.06. The predicted molar refractivity (Wildman–Crippen MR) is 76.7 cm³/mol. The van der Waals surface area contributed by atoms with E-state index in [0.29, 0.717) is 12.3 Å². The van der Waals surface area contributed by atoms with E-state index in [9.17, 15) is 4.79 Å². The van der Waals surface area contributed by atoms with Crippen molar-refractivity contribution in [2.75, 3.05) is 18.5 Å². The van der Waals surface area contributed by atoms with Gasteiger partial charge in [0.15, 0.2) is 10.9 Å². The fourth-order valence-electron chi connectivity index (χ4n) is 2.50. The summed E-state index contributed by atoms with van der Waals surface area (Å²) in [5.41, 5.74) is 1.07. The normalized spacial score (nSPS) is 18.0. The lowest BCUT2D eigenvalue weighted by molar-refractivity contribution is 0.0916. The van der Waals surface area contributed by atoms with Crippen molar-refractivity contribution in [3.63, 3.8) is 0 Å². The average Bonchev–Trinajstić information content (AvgIpc) is 2.58. The lowest BCUT2D eigenvalue weighted by Crippen LogP contribution is -2.26. The topological polar surface area (TPSA) is 33.2 Å². The Kier molecular flexibility index (Phi) is 3.49. The van der Waals surface area contributed by atoms with Crippen LogP contribution in [0, 0.1) is 11.3 Å². The number of hydrogen-bond donors (Lipinski definition) is 0. The number of aromatic nitrogens is 1. The number of ketones is 1. The Labute approximate surface area is 113 Å². The van der Waals surface area contributed by atoms with E-state index in [-0.39, 0.29) is 11.2 Å². The van der Waals surface area contributed by atoms with Crippen molar-refractivity contribution in [2.24, 2.45) is 11.3 Å². The van der Waals surface area contributed by atoms with Gasteiger partial charge in [0.1, 0.15) is 0 Å². The highest BCUT2D eigenvalue weighted by atomic mass is 32.1. The van der Waals surface area contributed by atoms with Gasteiger partial charge in [-0.05, 0) is 17.8 Å². The summed E-state index contributed by atoms with van der Waals surface area (Å²) < 4.78 is 0. The highest BCUT2D eigenvalue weighted by molar-refractivity contribution is 7.17. The van der Waals surface area contributed by atoms with Gasteiger partial charge in [-0.1, -0.05) is 39.0 Å². The molecule has 0 radical (unpaired) electrons. The largest absolute Gasteiger partial charge is 0.351 e. The Balaban J connectivity index is 2.26. The molecule has 3 nitrogen and oxygen atoms in total. The van der Waals surface area contributed by atoms with Gasteiger partial charge in [0.25, 0.3) is 0 Å². The molecular weight excluding hydrogens is 244 g/mol. The second-order valence-electron chi connectivity index (χ2n) is 6.49. The van der Waals surface area contributed by atoms with E-state index < -0.39 is 0 Å². The second-order valence-corrected chi connectivity index (χ2v) is 7.47. The van der Waals surface area contributed by atoms with Crippen LogP contribution < -0.4 is 4.90 Å². The van der Waals surface area contributed by atoms with Crippen molar-refractivity contribution in [2.45, 2.75) is 40.5 Å². The first kappa shape index (κ1) is 13.5. The maximum Gasteiger partial charge on any atom is 0.185 e. The van der Waals surface area contributed by atoms with Crippen LogP contribution in [-0.4, -0.2) is 24.4 Å². The van der Waals surface area contributed by atoms with Crippen molar-refractivity contribution in [3.05, 3.63) is 10.6 Å². The Morgan fingerprint density at radius 1 is 1.39 bits per heavy atom. The number of carbonyl (C=O) groups excluding carboxylic acids is 1. The fraction of sp³-hybridized carbons (Fsp3) is 0.714. The zero-order chi connectivity index (χ0) is 13.5. The van der Waals surface area contributed by atoms with Gasteiger partial charge in [-0.2, -0.15) is 0 Å². The number of anilines is 1. The number of hydrogen-bond acceptors (Lipinski definition) is 4. The van der Waals surface area contributed by atoms with E-state index in [1.807, 2.05) is 0 Å². The zero-order valence-corrected chi connectivity index (χ0v) is 12.7. The summed E-state index contributed by atoms with van der Waals surface area (Å²) in [6.45, 7) is 9.65. The molecule has 4 heteroatoms. The maximum atomic E-state index is 12.1. The number of nitrogens with zero attached hydrogens (tertiary/aromatic N) is 2. The Morgan fingerprint density at radius 3 is 2.67 bits per heavy atom. The predicted octanol–water partition coefficient (Wildman–Crippen LogP) is 3.39. The van der Waals surface area contributed by atoms with Crippen molar-refractivity contribution < 1.29 is 4.79 Å². The van der Waals surface area contributed by atoms with E-state index in [4.69, 9.17) is 0 Å². The minimum Gasteiger partial charge on any atom is -0.351 e. The van der Waals surface area contributed by atoms with Crippen LogP contribution in [0.5, 0.6) is 0 Å². The SMILES string of the molecule is CC(C)CN(C)c1nc2c(s1)C(=O)CC(C)(C)C2. The molecule has 0 atom stereocenters. The molecule has 0 spiro atoms. The molecule has 100 valence electrons. The lowest BCUT2D eigenvalue weighted by atomic mass is 9.78. The van der Waals surface area contributed by atoms with Gasteiger partial charge in [-0.3, -0.25) is 4.79 Å². The molecule has 1 aliphatic rings. The number of thiazole rings is 1. The summed E-state index contributed by atoms with van der Waals surface area (Å²) in [5, 5.41) is 0.986. The number of rotatable bonds is 3. The van der Waals surface area contributed by atoms with Crippen LogP contribution in [0.4, 0.5) is 5.13 Å². The summed E-state index contributed by atoms with van der Waals surface area (Å²) in [4.78, 5) is 19.8. The van der Waals surface area contributed by atoms with E-state index in [1.54, 1.807) is 11.3 Å². The minimum absolute atomic E-state index is 0.0616. The summed E-state index contributed by atoms with van der Waals surface area (Å²) >= 11 is 1.56.